The van der Waals surface area contributed by atoms with E-state index in [0.717, 1.165) is 18.8 Å². The van der Waals surface area contributed by atoms with Gasteiger partial charge in [0.2, 0.25) is 0 Å². The van der Waals surface area contributed by atoms with E-state index in [1.54, 1.807) is 0 Å². The Morgan fingerprint density at radius 3 is 2.17 bits per heavy atom. The summed E-state index contributed by atoms with van der Waals surface area (Å²) >= 11 is 0. The molecule has 2 aliphatic carbocycles. The van der Waals surface area contributed by atoms with Crippen molar-refractivity contribution in [3.05, 3.63) is 0 Å². The van der Waals surface area contributed by atoms with Crippen molar-refractivity contribution in [2.45, 2.75) is 78.6 Å². The van der Waals surface area contributed by atoms with Crippen LogP contribution in [0.3, 0.4) is 0 Å². The van der Waals surface area contributed by atoms with Crippen LogP contribution in [0.25, 0.3) is 0 Å². The lowest BCUT2D eigenvalue weighted by molar-refractivity contribution is -0.0178. The maximum absolute atomic E-state index is 13.3. The average molecular weight is 258 g/mol. The Hall–Kier alpha value is -0.140. The van der Waals surface area contributed by atoms with E-state index >= 15 is 0 Å². The molecule has 0 heterocycles. The zero-order chi connectivity index (χ0) is 13.6. The Morgan fingerprint density at radius 1 is 1.06 bits per heavy atom. The Balaban J connectivity index is 1.90. The third-order valence-electron chi connectivity index (χ3n) is 5.11. The molecule has 4 unspecified atom stereocenters. The third-order valence-corrected chi connectivity index (χ3v) is 5.11. The molecule has 0 spiro atoms. The molecule has 0 N–H and O–H groups in total. The first-order chi connectivity index (χ1) is 8.21. The van der Waals surface area contributed by atoms with E-state index in [1.807, 2.05) is 0 Å². The maximum atomic E-state index is 13.3. The summed E-state index contributed by atoms with van der Waals surface area (Å²) in [5.74, 6) is 0.435. The van der Waals surface area contributed by atoms with Gasteiger partial charge in [-0.3, -0.25) is 0 Å². The van der Waals surface area contributed by atoms with Crippen molar-refractivity contribution >= 4 is 0 Å². The van der Waals surface area contributed by atoms with Crippen LogP contribution < -0.4 is 0 Å². The van der Waals surface area contributed by atoms with Gasteiger partial charge in [0.1, 0.15) is 12.3 Å². The van der Waals surface area contributed by atoms with E-state index in [0.29, 0.717) is 5.41 Å². The second kappa shape index (κ2) is 4.76. The molecule has 106 valence electrons. The van der Waals surface area contributed by atoms with Crippen LogP contribution in [0.2, 0.25) is 0 Å². The van der Waals surface area contributed by atoms with Gasteiger partial charge >= 0.3 is 0 Å². The molecular weight excluding hydrogens is 230 g/mol. The second-order valence-corrected chi connectivity index (χ2v) is 8.14. The van der Waals surface area contributed by atoms with E-state index < -0.39 is 12.3 Å². The normalized spacial score (nSPS) is 47.7. The highest BCUT2D eigenvalue weighted by Gasteiger charge is 2.44. The molecule has 2 rings (SSSR count). The predicted octanol–water partition coefficient (Wildman–Crippen LogP) is 5.32. The summed E-state index contributed by atoms with van der Waals surface area (Å²) in [6.07, 6.45) is 3.82. The van der Waals surface area contributed by atoms with Gasteiger partial charge in [-0.05, 0) is 48.9 Å². The first kappa shape index (κ1) is 14.3. The molecule has 2 fully saturated rings. The standard InChI is InChI=1S/C16H28F2/c1-11-8-15(2,3)10-16(4,9-11)6-5-12-13(17)7-14(12)18/h11-14H,5-10H2,1-4H3. The molecule has 18 heavy (non-hydrogen) atoms. The first-order valence-corrected chi connectivity index (χ1v) is 7.49. The minimum atomic E-state index is -0.877. The van der Waals surface area contributed by atoms with Crippen molar-refractivity contribution in [1.82, 2.24) is 0 Å². The number of hydrogen-bond acceptors (Lipinski definition) is 0. The smallest absolute Gasteiger partial charge is 0.108 e. The van der Waals surface area contributed by atoms with Crippen LogP contribution in [0.5, 0.6) is 0 Å². The molecule has 4 atom stereocenters. The molecule has 0 radical (unpaired) electrons. The highest BCUT2D eigenvalue weighted by Crippen LogP contribution is 2.52. The number of hydrogen-bond donors (Lipinski definition) is 0. The van der Waals surface area contributed by atoms with Crippen LogP contribution in [-0.4, -0.2) is 12.3 Å². The van der Waals surface area contributed by atoms with E-state index in [4.69, 9.17) is 0 Å². The summed E-state index contributed by atoms with van der Waals surface area (Å²) in [6, 6.07) is 0. The SMILES string of the molecule is CC1CC(C)(C)CC(C)(CCC2C(F)CC2F)C1. The number of halogens is 2. The average Bonchev–Trinajstić information content (AvgIpc) is 2.12. The lowest BCUT2D eigenvalue weighted by Crippen LogP contribution is -2.42. The van der Waals surface area contributed by atoms with Gasteiger partial charge in [-0.25, -0.2) is 8.78 Å². The monoisotopic (exact) mass is 258 g/mol. The van der Waals surface area contributed by atoms with Gasteiger partial charge in [-0.1, -0.05) is 27.7 Å². The lowest BCUT2D eigenvalue weighted by Gasteiger charge is -2.47. The van der Waals surface area contributed by atoms with Crippen LogP contribution in [0.1, 0.15) is 66.2 Å². The topological polar surface area (TPSA) is 0 Å². The highest BCUT2D eigenvalue weighted by molar-refractivity contribution is 4.94. The minimum Gasteiger partial charge on any atom is -0.247 e. The molecule has 0 aliphatic heterocycles. The zero-order valence-corrected chi connectivity index (χ0v) is 12.3. The molecule has 0 saturated heterocycles. The minimum absolute atomic E-state index is 0.142. The molecule has 0 aromatic rings. The van der Waals surface area contributed by atoms with Gasteiger partial charge < -0.3 is 0 Å². The summed E-state index contributed by atoms with van der Waals surface area (Å²) < 4.78 is 26.6. The summed E-state index contributed by atoms with van der Waals surface area (Å²) in [5.41, 5.74) is 0.673. The van der Waals surface area contributed by atoms with Gasteiger partial charge in [0.05, 0.1) is 0 Å². The summed E-state index contributed by atoms with van der Waals surface area (Å²) in [6.45, 7) is 9.31. The quantitative estimate of drug-likeness (QED) is 0.643. The number of alkyl halides is 2. The van der Waals surface area contributed by atoms with Crippen molar-refractivity contribution in [3.8, 4) is 0 Å². The fraction of sp³-hybridized carbons (Fsp3) is 1.00. The Morgan fingerprint density at radius 2 is 1.67 bits per heavy atom. The van der Waals surface area contributed by atoms with Crippen molar-refractivity contribution in [2.75, 3.05) is 0 Å². The van der Waals surface area contributed by atoms with Crippen LogP contribution in [0.15, 0.2) is 0 Å². The van der Waals surface area contributed by atoms with E-state index in [1.165, 1.54) is 19.3 Å². The molecular formula is C16H28F2. The van der Waals surface area contributed by atoms with Crippen molar-refractivity contribution in [1.29, 1.82) is 0 Å². The summed E-state index contributed by atoms with van der Waals surface area (Å²) in [7, 11) is 0. The largest absolute Gasteiger partial charge is 0.247 e. The molecule has 2 saturated carbocycles. The van der Waals surface area contributed by atoms with Crippen molar-refractivity contribution in [2.24, 2.45) is 22.7 Å². The zero-order valence-electron chi connectivity index (χ0n) is 12.3. The molecule has 0 aromatic heterocycles. The molecule has 0 bridgehead atoms. The maximum Gasteiger partial charge on any atom is 0.108 e. The van der Waals surface area contributed by atoms with Gasteiger partial charge in [0, 0.05) is 12.3 Å². The van der Waals surface area contributed by atoms with Gasteiger partial charge in [0.25, 0.3) is 0 Å². The van der Waals surface area contributed by atoms with E-state index in [2.05, 4.69) is 27.7 Å². The number of rotatable bonds is 3. The van der Waals surface area contributed by atoms with E-state index in [-0.39, 0.29) is 17.8 Å². The fourth-order valence-electron chi connectivity index (χ4n) is 4.82. The van der Waals surface area contributed by atoms with E-state index in [9.17, 15) is 8.78 Å². The Kier molecular flexibility index (Phi) is 3.77. The molecule has 2 aliphatic rings. The summed E-state index contributed by atoms with van der Waals surface area (Å²) in [5, 5.41) is 0. The fourth-order valence-corrected chi connectivity index (χ4v) is 4.82. The predicted molar refractivity (Wildman–Crippen MR) is 72.0 cm³/mol. The Labute approximate surface area is 111 Å². The summed E-state index contributed by atoms with van der Waals surface area (Å²) in [4.78, 5) is 0. The molecule has 2 heteroatoms. The van der Waals surface area contributed by atoms with Crippen molar-refractivity contribution in [3.63, 3.8) is 0 Å². The first-order valence-electron chi connectivity index (χ1n) is 7.49. The molecule has 0 aromatic carbocycles. The van der Waals surface area contributed by atoms with Crippen LogP contribution >= 0.6 is 0 Å². The molecule has 0 nitrogen and oxygen atoms in total. The second-order valence-electron chi connectivity index (χ2n) is 8.14. The third kappa shape index (κ3) is 3.05. The molecule has 0 amide bonds. The van der Waals surface area contributed by atoms with Gasteiger partial charge in [0.15, 0.2) is 0 Å². The van der Waals surface area contributed by atoms with Crippen LogP contribution in [0.4, 0.5) is 8.78 Å². The van der Waals surface area contributed by atoms with Crippen LogP contribution in [-0.2, 0) is 0 Å². The van der Waals surface area contributed by atoms with Gasteiger partial charge in [-0.2, -0.15) is 0 Å². The highest BCUT2D eigenvalue weighted by atomic mass is 19.2. The van der Waals surface area contributed by atoms with Gasteiger partial charge in [-0.15, -0.1) is 0 Å². The van der Waals surface area contributed by atoms with Crippen molar-refractivity contribution < 1.29 is 8.78 Å². The van der Waals surface area contributed by atoms with Crippen LogP contribution in [0, 0.1) is 22.7 Å². The Bertz CT molecular complexity index is 291. The lowest BCUT2D eigenvalue weighted by atomic mass is 9.59.